The summed E-state index contributed by atoms with van der Waals surface area (Å²) in [5, 5.41) is 0. The summed E-state index contributed by atoms with van der Waals surface area (Å²) >= 11 is 0. The van der Waals surface area contributed by atoms with Crippen molar-refractivity contribution in [2.45, 2.75) is 45.6 Å². The van der Waals surface area contributed by atoms with Crippen LogP contribution in [-0.4, -0.2) is 30.1 Å². The Morgan fingerprint density at radius 1 is 1.40 bits per heavy atom. The van der Waals surface area contributed by atoms with Crippen LogP contribution in [0.2, 0.25) is 0 Å². The number of hydrogen-bond acceptors (Lipinski definition) is 4. The van der Waals surface area contributed by atoms with Crippen molar-refractivity contribution in [1.29, 1.82) is 0 Å². The number of rotatable bonds is 3. The number of carbonyl (C=O) groups is 1. The van der Waals surface area contributed by atoms with E-state index in [4.69, 9.17) is 4.74 Å². The van der Waals surface area contributed by atoms with Crippen molar-refractivity contribution < 1.29 is 9.53 Å². The van der Waals surface area contributed by atoms with E-state index in [0.717, 1.165) is 18.9 Å². The number of aromatic nitrogens is 1. The topological polar surface area (TPSA) is 42.4 Å². The predicted molar refractivity (Wildman–Crippen MR) is 77.9 cm³/mol. The monoisotopic (exact) mass is 274 g/mol. The summed E-state index contributed by atoms with van der Waals surface area (Å²) in [7, 11) is 0. The standard InChI is InChI=1S/C16H22N2O2/c1-12(2)20-15(19)13-5-3-9-17-14(13)18-10-4-6-16(11-18)7-8-16/h3,5,9,12H,4,6-8,10-11H2,1-2H3. The number of nitrogens with zero attached hydrogens (tertiary/aromatic N) is 2. The van der Waals surface area contributed by atoms with Crippen LogP contribution in [0, 0.1) is 5.41 Å². The highest BCUT2D eigenvalue weighted by atomic mass is 16.5. The minimum absolute atomic E-state index is 0.105. The summed E-state index contributed by atoms with van der Waals surface area (Å²) in [5.74, 6) is 0.530. The van der Waals surface area contributed by atoms with E-state index in [9.17, 15) is 4.79 Å². The first-order valence-electron chi connectivity index (χ1n) is 7.51. The molecule has 2 aliphatic rings. The molecule has 1 aliphatic heterocycles. The van der Waals surface area contributed by atoms with Crippen molar-refractivity contribution in [2.75, 3.05) is 18.0 Å². The van der Waals surface area contributed by atoms with Crippen molar-refractivity contribution in [3.05, 3.63) is 23.9 Å². The number of pyridine rings is 1. The third kappa shape index (κ3) is 2.65. The Hall–Kier alpha value is -1.58. The molecule has 3 rings (SSSR count). The van der Waals surface area contributed by atoms with Crippen LogP contribution in [0.25, 0.3) is 0 Å². The molecule has 1 saturated carbocycles. The Morgan fingerprint density at radius 2 is 2.20 bits per heavy atom. The molecular formula is C16H22N2O2. The van der Waals surface area contributed by atoms with Gasteiger partial charge in [0.2, 0.25) is 0 Å². The quantitative estimate of drug-likeness (QED) is 0.795. The van der Waals surface area contributed by atoms with Gasteiger partial charge in [-0.15, -0.1) is 0 Å². The average Bonchev–Trinajstić information content (AvgIpc) is 3.17. The van der Waals surface area contributed by atoms with Gasteiger partial charge < -0.3 is 9.64 Å². The molecule has 0 bridgehead atoms. The van der Waals surface area contributed by atoms with Crippen LogP contribution in [0.1, 0.15) is 49.9 Å². The molecule has 108 valence electrons. The maximum atomic E-state index is 12.2. The first-order chi connectivity index (χ1) is 9.60. The molecule has 0 aromatic carbocycles. The lowest BCUT2D eigenvalue weighted by atomic mass is 9.95. The molecule has 4 heteroatoms. The van der Waals surface area contributed by atoms with Crippen molar-refractivity contribution in [2.24, 2.45) is 5.41 Å². The van der Waals surface area contributed by atoms with Gasteiger partial charge in [-0.25, -0.2) is 9.78 Å². The molecule has 2 heterocycles. The maximum Gasteiger partial charge on any atom is 0.342 e. The van der Waals surface area contributed by atoms with E-state index >= 15 is 0 Å². The molecule has 1 saturated heterocycles. The van der Waals surface area contributed by atoms with Gasteiger partial charge in [0.05, 0.1) is 6.10 Å². The van der Waals surface area contributed by atoms with Gasteiger partial charge >= 0.3 is 5.97 Å². The van der Waals surface area contributed by atoms with Crippen molar-refractivity contribution in [3.8, 4) is 0 Å². The molecule has 0 N–H and O–H groups in total. The molecule has 0 unspecified atom stereocenters. The first-order valence-corrected chi connectivity index (χ1v) is 7.51. The summed E-state index contributed by atoms with van der Waals surface area (Å²) in [5.41, 5.74) is 1.11. The fourth-order valence-electron chi connectivity index (χ4n) is 3.06. The lowest BCUT2D eigenvalue weighted by molar-refractivity contribution is 0.0378. The van der Waals surface area contributed by atoms with Crippen LogP contribution in [0.4, 0.5) is 5.82 Å². The maximum absolute atomic E-state index is 12.2. The molecule has 0 atom stereocenters. The Bertz CT molecular complexity index is 509. The van der Waals surface area contributed by atoms with Crippen LogP contribution < -0.4 is 4.90 Å². The Labute approximate surface area is 120 Å². The summed E-state index contributed by atoms with van der Waals surface area (Å²) in [6, 6.07) is 3.62. The first kappa shape index (κ1) is 13.4. The van der Waals surface area contributed by atoms with E-state index < -0.39 is 0 Å². The van der Waals surface area contributed by atoms with Gasteiger partial charge in [-0.3, -0.25) is 0 Å². The zero-order valence-electron chi connectivity index (χ0n) is 12.3. The minimum atomic E-state index is -0.265. The SMILES string of the molecule is CC(C)OC(=O)c1cccnc1N1CCCC2(CC2)C1. The molecule has 1 spiro atoms. The number of hydrogen-bond donors (Lipinski definition) is 0. The second-order valence-electron chi connectivity index (χ2n) is 6.35. The van der Waals surface area contributed by atoms with Crippen molar-refractivity contribution in [3.63, 3.8) is 0 Å². The number of ether oxygens (including phenoxy) is 1. The zero-order valence-corrected chi connectivity index (χ0v) is 12.3. The van der Waals surface area contributed by atoms with Gasteiger partial charge in [0.1, 0.15) is 11.4 Å². The average molecular weight is 274 g/mol. The summed E-state index contributed by atoms with van der Waals surface area (Å²) in [4.78, 5) is 18.9. The van der Waals surface area contributed by atoms with E-state index in [1.54, 1.807) is 12.3 Å². The lowest BCUT2D eigenvalue weighted by Crippen LogP contribution is -2.38. The van der Waals surface area contributed by atoms with E-state index in [1.807, 2.05) is 19.9 Å². The van der Waals surface area contributed by atoms with Crippen molar-refractivity contribution in [1.82, 2.24) is 4.98 Å². The number of esters is 1. The second-order valence-corrected chi connectivity index (χ2v) is 6.35. The van der Waals surface area contributed by atoms with Crippen LogP contribution in [0.5, 0.6) is 0 Å². The third-order valence-electron chi connectivity index (χ3n) is 4.27. The van der Waals surface area contributed by atoms with Gasteiger partial charge in [-0.2, -0.15) is 0 Å². The second kappa shape index (κ2) is 5.08. The van der Waals surface area contributed by atoms with Crippen LogP contribution in [-0.2, 0) is 4.74 Å². The fraction of sp³-hybridized carbons (Fsp3) is 0.625. The highest BCUT2D eigenvalue weighted by Crippen LogP contribution is 2.52. The Balaban J connectivity index is 1.83. The molecular weight excluding hydrogens is 252 g/mol. The molecule has 2 fully saturated rings. The highest BCUT2D eigenvalue weighted by molar-refractivity contribution is 5.94. The van der Waals surface area contributed by atoms with Crippen LogP contribution in [0.3, 0.4) is 0 Å². The number of carbonyl (C=O) groups excluding carboxylic acids is 1. The Morgan fingerprint density at radius 3 is 2.90 bits per heavy atom. The van der Waals surface area contributed by atoms with Gasteiger partial charge in [0, 0.05) is 19.3 Å². The molecule has 0 radical (unpaired) electrons. The minimum Gasteiger partial charge on any atom is -0.459 e. The fourth-order valence-corrected chi connectivity index (χ4v) is 3.06. The molecule has 4 nitrogen and oxygen atoms in total. The van der Waals surface area contributed by atoms with E-state index in [2.05, 4.69) is 9.88 Å². The van der Waals surface area contributed by atoms with Gasteiger partial charge in [-0.05, 0) is 57.1 Å². The van der Waals surface area contributed by atoms with E-state index in [1.165, 1.54) is 25.7 Å². The van der Waals surface area contributed by atoms with E-state index in [-0.39, 0.29) is 12.1 Å². The highest BCUT2D eigenvalue weighted by Gasteiger charge is 2.46. The lowest BCUT2D eigenvalue weighted by Gasteiger charge is -2.34. The smallest absolute Gasteiger partial charge is 0.342 e. The summed E-state index contributed by atoms with van der Waals surface area (Å²) in [6.45, 7) is 5.76. The van der Waals surface area contributed by atoms with Crippen molar-refractivity contribution >= 4 is 11.8 Å². The molecule has 1 aliphatic carbocycles. The molecule has 20 heavy (non-hydrogen) atoms. The molecule has 1 aromatic heterocycles. The summed E-state index contributed by atoms with van der Waals surface area (Å²) in [6.07, 6.45) is 6.81. The zero-order chi connectivity index (χ0) is 14.2. The largest absolute Gasteiger partial charge is 0.459 e. The predicted octanol–water partition coefficient (Wildman–Crippen LogP) is 3.03. The number of anilines is 1. The van der Waals surface area contributed by atoms with Crippen LogP contribution in [0.15, 0.2) is 18.3 Å². The van der Waals surface area contributed by atoms with Crippen LogP contribution >= 0.6 is 0 Å². The molecule has 0 amide bonds. The van der Waals surface area contributed by atoms with Gasteiger partial charge in [0.25, 0.3) is 0 Å². The third-order valence-corrected chi connectivity index (χ3v) is 4.27. The Kier molecular flexibility index (Phi) is 3.40. The van der Waals surface area contributed by atoms with E-state index in [0.29, 0.717) is 11.0 Å². The normalized spacial score (nSPS) is 20.2. The van der Waals surface area contributed by atoms with Gasteiger partial charge in [-0.1, -0.05) is 0 Å². The van der Waals surface area contributed by atoms with Gasteiger partial charge in [0.15, 0.2) is 0 Å². The number of piperidine rings is 1. The summed E-state index contributed by atoms with van der Waals surface area (Å²) < 4.78 is 5.33. The molecule has 1 aromatic rings.